The van der Waals surface area contributed by atoms with Crippen molar-refractivity contribution in [2.24, 2.45) is 5.92 Å². The Hall–Kier alpha value is -3.59. The number of hydrogen-bond acceptors (Lipinski definition) is 6. The quantitative estimate of drug-likeness (QED) is 0.378. The summed E-state index contributed by atoms with van der Waals surface area (Å²) in [4.78, 5) is 19.4. The van der Waals surface area contributed by atoms with E-state index in [0.29, 0.717) is 36.5 Å². The number of rotatable bonds is 10. The van der Waals surface area contributed by atoms with Crippen molar-refractivity contribution in [3.8, 4) is 22.8 Å². The Kier molecular flexibility index (Phi) is 7.45. The molecule has 0 aliphatic heterocycles. The molecule has 3 aromatic rings. The van der Waals surface area contributed by atoms with Gasteiger partial charge in [0, 0.05) is 29.5 Å². The van der Waals surface area contributed by atoms with E-state index in [1.165, 1.54) is 18.5 Å². The van der Waals surface area contributed by atoms with Gasteiger partial charge in [0.05, 0.1) is 36.2 Å². The van der Waals surface area contributed by atoms with Gasteiger partial charge in [-0.2, -0.15) is 0 Å². The standard InChI is InChI=1S/C28H30F2N2O5/c1-15-7-18(36-6-5-28(3,4)35)8-16(2)26(15)21-9-17(22(29)11-23(21)30)14-37-25-13-31-24(12-32-25)19-10-20(19)27(33)34/h7-9,11-13,19-20,35H,5-6,10,14H2,1-4H3,(H,33,34)/t19?,20-/m1/s1. The normalized spacial score (nSPS) is 16.9. The van der Waals surface area contributed by atoms with Gasteiger partial charge in [-0.05, 0) is 69.0 Å². The summed E-state index contributed by atoms with van der Waals surface area (Å²) in [5.74, 6) is -2.11. The topological polar surface area (TPSA) is 102 Å². The third-order valence-electron chi connectivity index (χ3n) is 6.41. The molecule has 1 aliphatic rings. The van der Waals surface area contributed by atoms with Crippen LogP contribution in [-0.4, -0.2) is 38.4 Å². The van der Waals surface area contributed by atoms with Gasteiger partial charge in [-0.15, -0.1) is 0 Å². The summed E-state index contributed by atoms with van der Waals surface area (Å²) in [6.07, 6.45) is 3.83. The number of carboxylic acids is 1. The van der Waals surface area contributed by atoms with E-state index in [2.05, 4.69) is 9.97 Å². The molecule has 1 fully saturated rings. The zero-order valence-electron chi connectivity index (χ0n) is 21.2. The Bertz CT molecular complexity index is 1280. The first kappa shape index (κ1) is 26.5. The van der Waals surface area contributed by atoms with Crippen LogP contribution in [0, 0.1) is 31.4 Å². The molecule has 2 atom stereocenters. The molecule has 1 aliphatic carbocycles. The Morgan fingerprint density at radius 1 is 1.05 bits per heavy atom. The highest BCUT2D eigenvalue weighted by Crippen LogP contribution is 2.46. The number of nitrogens with zero attached hydrogens (tertiary/aromatic N) is 2. The average Bonchev–Trinajstić information content (AvgIpc) is 3.60. The molecule has 1 aromatic heterocycles. The van der Waals surface area contributed by atoms with Crippen LogP contribution in [0.25, 0.3) is 11.1 Å². The number of benzene rings is 2. The fourth-order valence-electron chi connectivity index (χ4n) is 4.29. The fourth-order valence-corrected chi connectivity index (χ4v) is 4.29. The number of aliphatic hydroxyl groups is 1. The van der Waals surface area contributed by atoms with Gasteiger partial charge in [0.1, 0.15) is 24.0 Å². The minimum atomic E-state index is -0.854. The van der Waals surface area contributed by atoms with Crippen molar-refractivity contribution in [3.05, 3.63) is 70.7 Å². The highest BCUT2D eigenvalue weighted by atomic mass is 19.1. The molecule has 0 spiro atoms. The van der Waals surface area contributed by atoms with Gasteiger partial charge in [-0.3, -0.25) is 9.78 Å². The molecule has 4 rings (SSSR count). The second-order valence-electron chi connectivity index (χ2n) is 10.1. The number of carboxylic acid groups (broad SMARTS) is 1. The van der Waals surface area contributed by atoms with E-state index < -0.39 is 29.1 Å². The number of ether oxygens (including phenoxy) is 2. The zero-order valence-corrected chi connectivity index (χ0v) is 21.2. The molecule has 2 aromatic carbocycles. The summed E-state index contributed by atoms with van der Waals surface area (Å²) in [6.45, 7) is 7.22. The first-order valence-corrected chi connectivity index (χ1v) is 12.0. The third kappa shape index (κ3) is 6.40. The zero-order chi connectivity index (χ0) is 26.9. The highest BCUT2D eigenvalue weighted by molar-refractivity contribution is 5.75. The molecular formula is C28H30F2N2O5. The second-order valence-corrected chi connectivity index (χ2v) is 10.1. The van der Waals surface area contributed by atoms with Crippen LogP contribution in [0.15, 0.2) is 36.7 Å². The van der Waals surface area contributed by atoms with Gasteiger partial charge in [-0.25, -0.2) is 13.8 Å². The van der Waals surface area contributed by atoms with E-state index >= 15 is 0 Å². The molecule has 9 heteroatoms. The first-order valence-electron chi connectivity index (χ1n) is 12.0. The van der Waals surface area contributed by atoms with E-state index in [1.807, 2.05) is 13.8 Å². The summed E-state index contributed by atoms with van der Waals surface area (Å²) in [5.41, 5.74) is 2.29. The largest absolute Gasteiger partial charge is 0.493 e. The molecule has 1 heterocycles. The van der Waals surface area contributed by atoms with Crippen LogP contribution in [0.2, 0.25) is 0 Å². The van der Waals surface area contributed by atoms with Crippen LogP contribution in [-0.2, 0) is 11.4 Å². The van der Waals surface area contributed by atoms with Crippen molar-refractivity contribution in [2.45, 2.75) is 58.7 Å². The van der Waals surface area contributed by atoms with Crippen molar-refractivity contribution in [1.29, 1.82) is 0 Å². The molecule has 0 radical (unpaired) electrons. The molecule has 2 N–H and O–H groups in total. The second kappa shape index (κ2) is 10.4. The van der Waals surface area contributed by atoms with E-state index in [9.17, 15) is 18.7 Å². The molecule has 196 valence electrons. The number of halogens is 2. The van der Waals surface area contributed by atoms with Crippen molar-refractivity contribution < 1.29 is 33.3 Å². The predicted octanol–water partition coefficient (Wildman–Crippen LogP) is 5.35. The monoisotopic (exact) mass is 512 g/mol. The smallest absolute Gasteiger partial charge is 0.307 e. The van der Waals surface area contributed by atoms with Gasteiger partial charge in [-0.1, -0.05) is 0 Å². The van der Waals surface area contributed by atoms with Gasteiger partial charge < -0.3 is 19.7 Å². The molecule has 0 bridgehead atoms. The molecule has 0 saturated heterocycles. The average molecular weight is 513 g/mol. The minimum absolute atomic E-state index is 0.152. The summed E-state index contributed by atoms with van der Waals surface area (Å²) in [6, 6.07) is 5.85. The summed E-state index contributed by atoms with van der Waals surface area (Å²) < 4.78 is 40.8. The maximum Gasteiger partial charge on any atom is 0.307 e. The van der Waals surface area contributed by atoms with Crippen LogP contribution < -0.4 is 9.47 Å². The maximum absolute atomic E-state index is 14.9. The minimum Gasteiger partial charge on any atom is -0.493 e. The lowest BCUT2D eigenvalue weighted by atomic mass is 9.93. The van der Waals surface area contributed by atoms with Gasteiger partial charge in [0.15, 0.2) is 0 Å². The number of carbonyl (C=O) groups is 1. The van der Waals surface area contributed by atoms with Crippen molar-refractivity contribution >= 4 is 5.97 Å². The Morgan fingerprint density at radius 3 is 2.32 bits per heavy atom. The summed E-state index contributed by atoms with van der Waals surface area (Å²) >= 11 is 0. The molecular weight excluding hydrogens is 482 g/mol. The summed E-state index contributed by atoms with van der Waals surface area (Å²) in [7, 11) is 0. The number of aromatic nitrogens is 2. The van der Waals surface area contributed by atoms with E-state index in [1.54, 1.807) is 26.0 Å². The van der Waals surface area contributed by atoms with Crippen molar-refractivity contribution in [2.75, 3.05) is 6.61 Å². The molecule has 37 heavy (non-hydrogen) atoms. The van der Waals surface area contributed by atoms with Crippen molar-refractivity contribution in [1.82, 2.24) is 9.97 Å². The predicted molar refractivity (Wildman–Crippen MR) is 133 cm³/mol. The highest BCUT2D eigenvalue weighted by Gasteiger charge is 2.45. The Labute approximate surface area is 214 Å². The van der Waals surface area contributed by atoms with E-state index in [0.717, 1.165) is 17.2 Å². The number of aryl methyl sites for hydroxylation is 2. The summed E-state index contributed by atoms with van der Waals surface area (Å²) in [5, 5.41) is 18.9. The fraction of sp³-hybridized carbons (Fsp3) is 0.393. The van der Waals surface area contributed by atoms with E-state index in [4.69, 9.17) is 14.6 Å². The molecule has 0 amide bonds. The van der Waals surface area contributed by atoms with Crippen molar-refractivity contribution in [3.63, 3.8) is 0 Å². The van der Waals surface area contributed by atoms with Crippen LogP contribution >= 0.6 is 0 Å². The molecule has 1 saturated carbocycles. The lowest BCUT2D eigenvalue weighted by Crippen LogP contribution is -2.21. The van der Waals surface area contributed by atoms with Crippen LogP contribution in [0.1, 0.15) is 55.0 Å². The number of hydrogen-bond donors (Lipinski definition) is 2. The third-order valence-corrected chi connectivity index (χ3v) is 6.41. The number of aliphatic carboxylic acids is 1. The van der Waals surface area contributed by atoms with E-state index in [-0.39, 0.29) is 29.5 Å². The lowest BCUT2D eigenvalue weighted by Gasteiger charge is -2.19. The van der Waals surface area contributed by atoms with Crippen LogP contribution in [0.3, 0.4) is 0 Å². The van der Waals surface area contributed by atoms with Crippen LogP contribution in [0.4, 0.5) is 8.78 Å². The SMILES string of the molecule is Cc1cc(OCCC(C)(C)O)cc(C)c1-c1cc(COc2cnc(C3C[C@H]3C(=O)O)cn2)c(F)cc1F. The Morgan fingerprint density at radius 2 is 1.76 bits per heavy atom. The first-order chi connectivity index (χ1) is 17.4. The van der Waals surface area contributed by atoms with Crippen LogP contribution in [0.5, 0.6) is 11.6 Å². The molecule has 7 nitrogen and oxygen atoms in total. The lowest BCUT2D eigenvalue weighted by molar-refractivity contribution is -0.138. The Balaban J connectivity index is 1.49. The van der Waals surface area contributed by atoms with Gasteiger partial charge in [0.2, 0.25) is 5.88 Å². The molecule has 1 unspecified atom stereocenters. The van der Waals surface area contributed by atoms with Gasteiger partial charge in [0.25, 0.3) is 0 Å². The maximum atomic E-state index is 14.9. The van der Waals surface area contributed by atoms with Gasteiger partial charge >= 0.3 is 5.97 Å².